The Balaban J connectivity index is 1.34. The maximum absolute atomic E-state index is 12.8. The molecule has 1 aliphatic rings. The number of nitrogens with zero attached hydrogens (tertiary/aromatic N) is 4. The Morgan fingerprint density at radius 1 is 1.21 bits per heavy atom. The third-order valence-corrected chi connectivity index (χ3v) is 7.88. The Morgan fingerprint density at radius 3 is 2.85 bits per heavy atom. The number of sulfone groups is 1. The zero-order valence-electron chi connectivity index (χ0n) is 18.0. The van der Waals surface area contributed by atoms with Gasteiger partial charge in [0.05, 0.1) is 33.7 Å². The predicted molar refractivity (Wildman–Crippen MR) is 125 cm³/mol. The van der Waals surface area contributed by atoms with Crippen LogP contribution in [0.1, 0.15) is 24.2 Å². The van der Waals surface area contributed by atoms with E-state index in [1.165, 1.54) is 6.07 Å². The van der Waals surface area contributed by atoms with Crippen molar-refractivity contribution < 1.29 is 8.42 Å². The molecule has 0 atom stereocenters. The number of fused-ring (bicyclic) bond motifs is 1. The van der Waals surface area contributed by atoms with Crippen LogP contribution in [0.2, 0.25) is 0 Å². The Hall–Kier alpha value is -3.77. The van der Waals surface area contributed by atoms with E-state index in [9.17, 15) is 8.42 Å². The van der Waals surface area contributed by atoms with Gasteiger partial charge in [-0.3, -0.25) is 0 Å². The highest BCUT2D eigenvalue weighted by atomic mass is 32.2. The minimum absolute atomic E-state index is 0.0616. The molecular formula is C24H22N6O2S. The summed E-state index contributed by atoms with van der Waals surface area (Å²) in [5.41, 5.74) is 3.74. The summed E-state index contributed by atoms with van der Waals surface area (Å²) >= 11 is 0. The van der Waals surface area contributed by atoms with Crippen molar-refractivity contribution in [1.29, 1.82) is 5.26 Å². The highest BCUT2D eigenvalue weighted by molar-refractivity contribution is 7.91. The number of benzene rings is 1. The van der Waals surface area contributed by atoms with Crippen LogP contribution in [0.3, 0.4) is 0 Å². The van der Waals surface area contributed by atoms with Gasteiger partial charge in [-0.1, -0.05) is 6.07 Å². The zero-order chi connectivity index (χ0) is 23.0. The standard InChI is InChI=1S/C24H22N6O2S/c1-15-26-8-6-22(29-15)21-13-28-24-20(5-7-27-24)23(21)30-18-9-17(10-18)14-33(31,32)19-4-2-3-16(11-19)12-25/h2-8,11,13,17-18H,9-10,14H2,1H3,(H2,27,28,30). The second-order valence-corrected chi connectivity index (χ2v) is 10.4. The molecule has 8 nitrogen and oxygen atoms in total. The molecule has 1 saturated carbocycles. The normalized spacial score (nSPS) is 17.9. The summed E-state index contributed by atoms with van der Waals surface area (Å²) in [5, 5.41) is 13.6. The fourth-order valence-corrected chi connectivity index (χ4v) is 6.00. The zero-order valence-corrected chi connectivity index (χ0v) is 18.8. The van der Waals surface area contributed by atoms with E-state index in [2.05, 4.69) is 25.3 Å². The van der Waals surface area contributed by atoms with Crippen LogP contribution in [-0.2, 0) is 9.84 Å². The van der Waals surface area contributed by atoms with E-state index in [0.717, 1.165) is 40.8 Å². The van der Waals surface area contributed by atoms with Gasteiger partial charge in [0.2, 0.25) is 0 Å². The average Bonchev–Trinajstić information content (AvgIpc) is 3.27. The largest absolute Gasteiger partial charge is 0.381 e. The van der Waals surface area contributed by atoms with E-state index in [1.807, 2.05) is 31.3 Å². The molecule has 0 aliphatic heterocycles. The third kappa shape index (κ3) is 4.17. The Labute approximate surface area is 191 Å². The molecule has 0 amide bonds. The summed E-state index contributed by atoms with van der Waals surface area (Å²) in [4.78, 5) is 16.6. The summed E-state index contributed by atoms with van der Waals surface area (Å²) in [7, 11) is -3.44. The molecule has 0 unspecified atom stereocenters. The van der Waals surface area contributed by atoms with Crippen molar-refractivity contribution in [3.63, 3.8) is 0 Å². The van der Waals surface area contributed by atoms with E-state index < -0.39 is 9.84 Å². The minimum atomic E-state index is -3.44. The number of pyridine rings is 1. The number of aryl methyl sites for hydroxylation is 1. The topological polar surface area (TPSA) is 124 Å². The summed E-state index contributed by atoms with van der Waals surface area (Å²) in [6.45, 7) is 1.85. The average molecular weight is 459 g/mol. The molecule has 1 fully saturated rings. The van der Waals surface area contributed by atoms with Gasteiger partial charge in [0.25, 0.3) is 0 Å². The SMILES string of the molecule is Cc1nccc(-c2cnc3[nH]ccc3c2NC2CC(CS(=O)(=O)c3cccc(C#N)c3)C2)n1. The molecule has 0 saturated heterocycles. The van der Waals surface area contributed by atoms with Crippen LogP contribution in [0.15, 0.2) is 59.9 Å². The molecule has 5 rings (SSSR count). The molecule has 166 valence electrons. The van der Waals surface area contributed by atoms with Crippen LogP contribution in [0.5, 0.6) is 0 Å². The van der Waals surface area contributed by atoms with Gasteiger partial charge in [-0.2, -0.15) is 5.26 Å². The number of nitrogens with one attached hydrogen (secondary N) is 2. The van der Waals surface area contributed by atoms with Crippen molar-refractivity contribution in [2.45, 2.75) is 30.7 Å². The second-order valence-electron chi connectivity index (χ2n) is 8.38. The predicted octanol–water partition coefficient (Wildman–Crippen LogP) is 3.86. The molecule has 4 aromatic rings. The first-order valence-corrected chi connectivity index (χ1v) is 12.3. The lowest BCUT2D eigenvalue weighted by Crippen LogP contribution is -2.39. The van der Waals surface area contributed by atoms with Crippen LogP contribution < -0.4 is 5.32 Å². The lowest BCUT2D eigenvalue weighted by Gasteiger charge is -2.37. The molecule has 0 spiro atoms. The number of nitriles is 1. The first-order chi connectivity index (χ1) is 15.9. The van der Waals surface area contributed by atoms with Crippen LogP contribution in [0, 0.1) is 24.2 Å². The number of hydrogen-bond acceptors (Lipinski definition) is 7. The summed E-state index contributed by atoms with van der Waals surface area (Å²) in [6.07, 6.45) is 6.87. The molecule has 9 heteroatoms. The second kappa shape index (κ2) is 8.30. The van der Waals surface area contributed by atoms with Crippen molar-refractivity contribution >= 4 is 26.6 Å². The molecule has 3 heterocycles. The number of hydrogen-bond donors (Lipinski definition) is 2. The molecule has 0 radical (unpaired) electrons. The number of aromatic nitrogens is 4. The van der Waals surface area contributed by atoms with Crippen molar-refractivity contribution in [3.8, 4) is 17.3 Å². The van der Waals surface area contributed by atoms with Gasteiger partial charge >= 0.3 is 0 Å². The first-order valence-electron chi connectivity index (χ1n) is 10.7. The summed E-state index contributed by atoms with van der Waals surface area (Å²) in [5.74, 6) is 0.821. The van der Waals surface area contributed by atoms with E-state index >= 15 is 0 Å². The molecule has 1 aromatic carbocycles. The van der Waals surface area contributed by atoms with Gasteiger partial charge < -0.3 is 10.3 Å². The van der Waals surface area contributed by atoms with Gasteiger partial charge in [0.1, 0.15) is 11.5 Å². The maximum atomic E-state index is 12.8. The highest BCUT2D eigenvalue weighted by Crippen LogP contribution is 2.38. The molecule has 33 heavy (non-hydrogen) atoms. The Kier molecular flexibility index (Phi) is 5.30. The van der Waals surface area contributed by atoms with Crippen LogP contribution >= 0.6 is 0 Å². The number of H-pyrrole nitrogens is 1. The minimum Gasteiger partial charge on any atom is -0.381 e. The molecular weight excluding hydrogens is 436 g/mol. The third-order valence-electron chi connectivity index (χ3n) is 6.00. The maximum Gasteiger partial charge on any atom is 0.178 e. The number of aromatic amines is 1. The smallest absolute Gasteiger partial charge is 0.178 e. The molecule has 2 N–H and O–H groups in total. The van der Waals surface area contributed by atoms with E-state index in [4.69, 9.17) is 5.26 Å². The van der Waals surface area contributed by atoms with Crippen molar-refractivity contribution in [2.75, 3.05) is 11.1 Å². The fraction of sp³-hybridized carbons (Fsp3) is 0.250. The van der Waals surface area contributed by atoms with Crippen LogP contribution in [0.25, 0.3) is 22.3 Å². The van der Waals surface area contributed by atoms with Crippen LogP contribution in [0.4, 0.5) is 5.69 Å². The first kappa shape index (κ1) is 21.1. The number of rotatable bonds is 6. The van der Waals surface area contributed by atoms with E-state index in [-0.39, 0.29) is 22.6 Å². The van der Waals surface area contributed by atoms with Gasteiger partial charge in [0.15, 0.2) is 9.84 Å². The Morgan fingerprint density at radius 2 is 2.06 bits per heavy atom. The van der Waals surface area contributed by atoms with Crippen molar-refractivity contribution in [1.82, 2.24) is 19.9 Å². The quantitative estimate of drug-likeness (QED) is 0.449. The summed E-state index contributed by atoms with van der Waals surface area (Å²) in [6, 6.07) is 12.2. The van der Waals surface area contributed by atoms with Gasteiger partial charge in [-0.25, -0.2) is 23.4 Å². The Bertz CT molecular complexity index is 1480. The monoisotopic (exact) mass is 458 g/mol. The van der Waals surface area contributed by atoms with Gasteiger partial charge in [-0.15, -0.1) is 0 Å². The highest BCUT2D eigenvalue weighted by Gasteiger charge is 2.34. The van der Waals surface area contributed by atoms with Crippen LogP contribution in [-0.4, -0.2) is 40.1 Å². The number of anilines is 1. The lowest BCUT2D eigenvalue weighted by molar-refractivity contribution is 0.311. The van der Waals surface area contributed by atoms with Crippen molar-refractivity contribution in [2.24, 2.45) is 5.92 Å². The molecule has 1 aliphatic carbocycles. The van der Waals surface area contributed by atoms with Crippen molar-refractivity contribution in [3.05, 3.63) is 66.4 Å². The molecule has 3 aromatic heterocycles. The summed E-state index contributed by atoms with van der Waals surface area (Å²) < 4.78 is 25.6. The molecule has 0 bridgehead atoms. The van der Waals surface area contributed by atoms with E-state index in [0.29, 0.717) is 11.4 Å². The van der Waals surface area contributed by atoms with Gasteiger partial charge in [0, 0.05) is 35.6 Å². The lowest BCUT2D eigenvalue weighted by atomic mass is 9.81. The van der Waals surface area contributed by atoms with E-state index in [1.54, 1.807) is 30.6 Å². The van der Waals surface area contributed by atoms with Gasteiger partial charge in [-0.05, 0) is 56.0 Å². The fourth-order valence-electron chi connectivity index (χ4n) is 4.32.